The third-order valence-corrected chi connectivity index (χ3v) is 2.46. The summed E-state index contributed by atoms with van der Waals surface area (Å²) in [6.07, 6.45) is 3.94. The van der Waals surface area contributed by atoms with Crippen LogP contribution in [0, 0.1) is 0 Å². The van der Waals surface area contributed by atoms with Crippen LogP contribution in [0.25, 0.3) is 0 Å². The fourth-order valence-electron chi connectivity index (χ4n) is 1.68. The van der Waals surface area contributed by atoms with Crippen molar-refractivity contribution in [1.29, 1.82) is 0 Å². The van der Waals surface area contributed by atoms with Crippen LogP contribution in [0.3, 0.4) is 0 Å². The lowest BCUT2D eigenvalue weighted by Gasteiger charge is -2.14. The van der Waals surface area contributed by atoms with Crippen LogP contribution in [0.5, 0.6) is 11.5 Å². The Morgan fingerprint density at radius 1 is 1.31 bits per heavy atom. The molecule has 1 atom stereocenters. The summed E-state index contributed by atoms with van der Waals surface area (Å²) in [7, 11) is 1.65. The Kier molecular flexibility index (Phi) is 3.31. The van der Waals surface area contributed by atoms with Gasteiger partial charge in [0.2, 0.25) is 0 Å². The zero-order valence-electron chi connectivity index (χ0n) is 9.49. The van der Waals surface area contributed by atoms with Gasteiger partial charge in [0.05, 0.1) is 19.8 Å². The molecule has 0 aromatic heterocycles. The van der Waals surface area contributed by atoms with Gasteiger partial charge in [-0.25, -0.2) is 5.43 Å². The predicted octanol–water partition coefficient (Wildman–Crippen LogP) is 1.76. The molecule has 16 heavy (non-hydrogen) atoms. The van der Waals surface area contributed by atoms with Gasteiger partial charge in [0.25, 0.3) is 0 Å². The number of methoxy groups -OCH3 is 1. The number of benzene rings is 1. The van der Waals surface area contributed by atoms with Gasteiger partial charge in [-0.15, -0.1) is 0 Å². The van der Waals surface area contributed by atoms with E-state index < -0.39 is 0 Å². The molecule has 1 unspecified atom stereocenters. The fraction of sp³-hybridized carbons (Fsp3) is 0.333. The van der Waals surface area contributed by atoms with Crippen molar-refractivity contribution in [3.05, 3.63) is 36.0 Å². The summed E-state index contributed by atoms with van der Waals surface area (Å²) >= 11 is 0. The lowest BCUT2D eigenvalue weighted by atomic mass is 10.1. The summed E-state index contributed by atoms with van der Waals surface area (Å²) in [5.74, 6) is 1.55. The van der Waals surface area contributed by atoms with Crippen LogP contribution < -0.4 is 20.3 Å². The third kappa shape index (κ3) is 2.12. The second-order valence-electron chi connectivity index (χ2n) is 3.47. The summed E-state index contributed by atoms with van der Waals surface area (Å²) in [5, 5.41) is 0. The number of hydrogen-bond donors (Lipinski definition) is 2. The molecule has 1 aromatic carbocycles. The number of ether oxygens (including phenoxy) is 2. The van der Waals surface area contributed by atoms with Crippen molar-refractivity contribution in [1.82, 2.24) is 10.9 Å². The standard InChI is InChI=1S/C12H16N2O2/c1-3-16-12-8-9(4-5-11(12)15-2)10-6-7-13-14-10/h4-8,10,13-14H,3H2,1-2H3. The Hall–Kier alpha value is -1.68. The Morgan fingerprint density at radius 3 is 2.81 bits per heavy atom. The first-order valence-electron chi connectivity index (χ1n) is 5.33. The molecule has 0 amide bonds. The highest BCUT2D eigenvalue weighted by atomic mass is 16.5. The first-order valence-corrected chi connectivity index (χ1v) is 5.33. The van der Waals surface area contributed by atoms with Crippen molar-refractivity contribution in [3.63, 3.8) is 0 Å². The second-order valence-corrected chi connectivity index (χ2v) is 3.47. The molecular weight excluding hydrogens is 204 g/mol. The lowest BCUT2D eigenvalue weighted by molar-refractivity contribution is 0.310. The molecule has 2 rings (SSSR count). The number of hydrogen-bond acceptors (Lipinski definition) is 4. The molecule has 0 spiro atoms. The van der Waals surface area contributed by atoms with Crippen LogP contribution in [0.2, 0.25) is 0 Å². The van der Waals surface area contributed by atoms with E-state index in [1.807, 2.05) is 31.3 Å². The van der Waals surface area contributed by atoms with Crippen LogP contribution in [0.15, 0.2) is 30.5 Å². The van der Waals surface area contributed by atoms with Gasteiger partial charge in [-0.05, 0) is 30.7 Å². The maximum absolute atomic E-state index is 5.53. The van der Waals surface area contributed by atoms with Crippen molar-refractivity contribution < 1.29 is 9.47 Å². The number of hydrazine groups is 1. The first kappa shape index (κ1) is 10.8. The molecular formula is C12H16N2O2. The van der Waals surface area contributed by atoms with Gasteiger partial charge in [-0.1, -0.05) is 6.07 Å². The minimum atomic E-state index is 0.185. The second kappa shape index (κ2) is 4.90. The van der Waals surface area contributed by atoms with Gasteiger partial charge in [0.15, 0.2) is 11.5 Å². The minimum absolute atomic E-state index is 0.185. The molecule has 0 saturated carbocycles. The van der Waals surface area contributed by atoms with Crippen molar-refractivity contribution in [2.45, 2.75) is 13.0 Å². The Balaban J connectivity index is 2.26. The smallest absolute Gasteiger partial charge is 0.161 e. The molecule has 0 fully saturated rings. The SMILES string of the molecule is CCOc1cc(C2C=CNN2)ccc1OC. The van der Waals surface area contributed by atoms with Gasteiger partial charge in [0.1, 0.15) is 0 Å². The zero-order chi connectivity index (χ0) is 11.4. The number of rotatable bonds is 4. The zero-order valence-corrected chi connectivity index (χ0v) is 9.49. The fourth-order valence-corrected chi connectivity index (χ4v) is 1.68. The summed E-state index contributed by atoms with van der Waals surface area (Å²) < 4.78 is 10.8. The molecule has 0 saturated heterocycles. The Labute approximate surface area is 95.2 Å². The Bertz CT molecular complexity index is 391. The highest BCUT2D eigenvalue weighted by Gasteiger charge is 2.13. The molecule has 4 heteroatoms. The average molecular weight is 220 g/mol. The monoisotopic (exact) mass is 220 g/mol. The molecule has 0 aliphatic carbocycles. The van der Waals surface area contributed by atoms with E-state index in [0.29, 0.717) is 6.61 Å². The van der Waals surface area contributed by atoms with Crippen LogP contribution >= 0.6 is 0 Å². The van der Waals surface area contributed by atoms with E-state index in [1.165, 1.54) is 0 Å². The molecule has 1 aromatic rings. The largest absolute Gasteiger partial charge is 0.493 e. The van der Waals surface area contributed by atoms with E-state index in [-0.39, 0.29) is 6.04 Å². The maximum atomic E-state index is 5.53. The van der Waals surface area contributed by atoms with Crippen LogP contribution in [-0.2, 0) is 0 Å². The molecule has 0 bridgehead atoms. The van der Waals surface area contributed by atoms with Gasteiger partial charge in [-0.3, -0.25) is 0 Å². The molecule has 0 radical (unpaired) electrons. The molecule has 4 nitrogen and oxygen atoms in total. The van der Waals surface area contributed by atoms with E-state index in [0.717, 1.165) is 17.1 Å². The summed E-state index contributed by atoms with van der Waals surface area (Å²) in [4.78, 5) is 0. The van der Waals surface area contributed by atoms with Gasteiger partial charge < -0.3 is 14.9 Å². The topological polar surface area (TPSA) is 42.5 Å². The van der Waals surface area contributed by atoms with E-state index in [2.05, 4.69) is 16.9 Å². The molecule has 1 heterocycles. The summed E-state index contributed by atoms with van der Waals surface area (Å²) in [6.45, 7) is 2.59. The molecule has 1 aliphatic heterocycles. The van der Waals surface area contributed by atoms with Crippen molar-refractivity contribution >= 4 is 0 Å². The van der Waals surface area contributed by atoms with E-state index in [1.54, 1.807) is 7.11 Å². The van der Waals surface area contributed by atoms with Crippen molar-refractivity contribution in [2.24, 2.45) is 0 Å². The average Bonchev–Trinajstić information content (AvgIpc) is 2.83. The van der Waals surface area contributed by atoms with Gasteiger partial charge in [-0.2, -0.15) is 0 Å². The van der Waals surface area contributed by atoms with E-state index in [4.69, 9.17) is 9.47 Å². The maximum Gasteiger partial charge on any atom is 0.161 e. The van der Waals surface area contributed by atoms with Crippen molar-refractivity contribution in [3.8, 4) is 11.5 Å². The molecule has 86 valence electrons. The highest BCUT2D eigenvalue weighted by Crippen LogP contribution is 2.30. The van der Waals surface area contributed by atoms with E-state index >= 15 is 0 Å². The normalized spacial score (nSPS) is 18.2. The van der Waals surface area contributed by atoms with Crippen LogP contribution in [-0.4, -0.2) is 13.7 Å². The molecule has 1 aliphatic rings. The number of nitrogens with one attached hydrogen (secondary N) is 2. The van der Waals surface area contributed by atoms with Crippen LogP contribution in [0.1, 0.15) is 18.5 Å². The predicted molar refractivity (Wildman–Crippen MR) is 62.3 cm³/mol. The van der Waals surface area contributed by atoms with Gasteiger partial charge in [0, 0.05) is 6.20 Å². The summed E-state index contributed by atoms with van der Waals surface area (Å²) in [6, 6.07) is 6.13. The van der Waals surface area contributed by atoms with E-state index in [9.17, 15) is 0 Å². The lowest BCUT2D eigenvalue weighted by Crippen LogP contribution is -2.24. The Morgan fingerprint density at radius 2 is 2.19 bits per heavy atom. The van der Waals surface area contributed by atoms with Gasteiger partial charge >= 0.3 is 0 Å². The minimum Gasteiger partial charge on any atom is -0.493 e. The quantitative estimate of drug-likeness (QED) is 0.811. The van der Waals surface area contributed by atoms with Crippen molar-refractivity contribution in [2.75, 3.05) is 13.7 Å². The summed E-state index contributed by atoms with van der Waals surface area (Å²) in [5.41, 5.74) is 7.21. The first-order chi connectivity index (χ1) is 7.85. The van der Waals surface area contributed by atoms with Crippen LogP contribution in [0.4, 0.5) is 0 Å². The molecule has 2 N–H and O–H groups in total. The highest BCUT2D eigenvalue weighted by molar-refractivity contribution is 5.44. The third-order valence-electron chi connectivity index (χ3n) is 2.46.